The van der Waals surface area contributed by atoms with Gasteiger partial charge in [0.2, 0.25) is 5.88 Å². The molecule has 1 aliphatic rings. The van der Waals surface area contributed by atoms with Gasteiger partial charge in [-0.2, -0.15) is 0 Å². The summed E-state index contributed by atoms with van der Waals surface area (Å²) >= 11 is 0. The van der Waals surface area contributed by atoms with Gasteiger partial charge in [0.15, 0.2) is 0 Å². The maximum atomic E-state index is 5.89. The van der Waals surface area contributed by atoms with Crippen molar-refractivity contribution in [2.45, 2.75) is 38.9 Å². The van der Waals surface area contributed by atoms with Gasteiger partial charge < -0.3 is 14.0 Å². The molecule has 0 radical (unpaired) electrons. The molecule has 6 heteroatoms. The molecule has 92 valence electrons. The molecule has 0 aromatic carbocycles. The fourth-order valence-electron chi connectivity index (χ4n) is 1.61. The zero-order chi connectivity index (χ0) is 12.7. The van der Waals surface area contributed by atoms with Crippen molar-refractivity contribution < 1.29 is 14.0 Å². The van der Waals surface area contributed by atoms with Crippen molar-refractivity contribution in [2.75, 3.05) is 7.11 Å². The summed E-state index contributed by atoms with van der Waals surface area (Å²) in [6.07, 6.45) is 3.18. The second-order valence-corrected chi connectivity index (χ2v) is 5.04. The topological polar surface area (TPSA) is 53.5 Å². The summed E-state index contributed by atoms with van der Waals surface area (Å²) in [5, 5.41) is 0. The summed E-state index contributed by atoms with van der Waals surface area (Å²) < 4.78 is 16.9. The number of rotatable bonds is 2. The van der Waals surface area contributed by atoms with Crippen LogP contribution >= 0.6 is 0 Å². The lowest BCUT2D eigenvalue weighted by atomic mass is 9.84. The minimum absolute atomic E-state index is 0.389. The summed E-state index contributed by atoms with van der Waals surface area (Å²) in [7, 11) is 1.02. The van der Waals surface area contributed by atoms with Crippen molar-refractivity contribution in [1.29, 1.82) is 0 Å². The minimum Gasteiger partial charge on any atom is -0.480 e. The van der Waals surface area contributed by atoms with E-state index >= 15 is 0 Å². The Morgan fingerprint density at radius 2 is 1.59 bits per heavy atom. The van der Waals surface area contributed by atoms with Gasteiger partial charge in [0, 0.05) is 12.4 Å². The number of nitrogens with zero attached hydrogens (tertiary/aromatic N) is 2. The fourth-order valence-corrected chi connectivity index (χ4v) is 1.61. The normalized spacial score (nSPS) is 21.6. The van der Waals surface area contributed by atoms with E-state index in [1.807, 2.05) is 27.7 Å². The Bertz CT molecular complexity index is 407. The largest absolute Gasteiger partial charge is 0.520 e. The molecule has 5 nitrogen and oxygen atoms in total. The van der Waals surface area contributed by atoms with Gasteiger partial charge in [-0.05, 0) is 27.7 Å². The molecule has 17 heavy (non-hydrogen) atoms. The highest BCUT2D eigenvalue weighted by atomic mass is 16.7. The predicted molar refractivity (Wildman–Crippen MR) is 64.3 cm³/mol. The number of hydrogen-bond donors (Lipinski definition) is 0. The Morgan fingerprint density at radius 3 is 2.12 bits per heavy atom. The van der Waals surface area contributed by atoms with Crippen LogP contribution in [-0.2, 0) is 9.31 Å². The van der Waals surface area contributed by atoms with Crippen LogP contribution in [-0.4, -0.2) is 35.4 Å². The molecule has 1 fully saturated rings. The van der Waals surface area contributed by atoms with Crippen LogP contribution in [0, 0.1) is 0 Å². The van der Waals surface area contributed by atoms with Gasteiger partial charge in [0.25, 0.3) is 0 Å². The standard InChI is InChI=1S/C11H17BN2O3/c1-10(2)11(3,4)17-12(16-10)8-9(15-5)14-7-6-13-8/h6-7H,1-5H3. The summed E-state index contributed by atoms with van der Waals surface area (Å²) in [5.74, 6) is 0.436. The predicted octanol–water partition coefficient (Wildman–Crippen LogP) is 0.784. The molecule has 0 N–H and O–H groups in total. The van der Waals surface area contributed by atoms with Gasteiger partial charge in [-0.1, -0.05) is 0 Å². The molecule has 1 aromatic heterocycles. The lowest BCUT2D eigenvalue weighted by Crippen LogP contribution is -2.41. The highest BCUT2D eigenvalue weighted by Crippen LogP contribution is 2.36. The summed E-state index contributed by atoms with van der Waals surface area (Å²) in [6.45, 7) is 7.98. The molecule has 0 atom stereocenters. The van der Waals surface area contributed by atoms with E-state index < -0.39 is 7.12 Å². The quantitative estimate of drug-likeness (QED) is 0.710. The zero-order valence-electron chi connectivity index (χ0n) is 10.9. The lowest BCUT2D eigenvalue weighted by molar-refractivity contribution is 0.00578. The lowest BCUT2D eigenvalue weighted by Gasteiger charge is -2.32. The fraction of sp³-hybridized carbons (Fsp3) is 0.636. The highest BCUT2D eigenvalue weighted by molar-refractivity contribution is 6.62. The Labute approximate surface area is 102 Å². The molecule has 0 saturated carbocycles. The van der Waals surface area contributed by atoms with E-state index in [4.69, 9.17) is 14.0 Å². The Kier molecular flexibility index (Phi) is 2.87. The monoisotopic (exact) mass is 236 g/mol. The van der Waals surface area contributed by atoms with E-state index in [2.05, 4.69) is 9.97 Å². The van der Waals surface area contributed by atoms with Gasteiger partial charge >= 0.3 is 7.12 Å². The molecule has 0 bridgehead atoms. The van der Waals surface area contributed by atoms with Gasteiger partial charge in [-0.15, -0.1) is 0 Å². The summed E-state index contributed by atoms with van der Waals surface area (Å²) in [4.78, 5) is 8.32. The molecule has 0 aliphatic carbocycles. The minimum atomic E-state index is -0.538. The van der Waals surface area contributed by atoms with Gasteiger partial charge in [0.05, 0.1) is 18.3 Å². The van der Waals surface area contributed by atoms with Crippen LogP contribution in [0.4, 0.5) is 0 Å². The third kappa shape index (κ3) is 2.02. The van der Waals surface area contributed by atoms with Gasteiger partial charge in [0.1, 0.15) is 5.59 Å². The van der Waals surface area contributed by atoms with Crippen LogP contribution in [0.5, 0.6) is 5.88 Å². The van der Waals surface area contributed by atoms with Crippen molar-refractivity contribution >= 4 is 12.7 Å². The van der Waals surface area contributed by atoms with Gasteiger partial charge in [-0.25, -0.2) is 4.98 Å². The molecule has 0 amide bonds. The number of hydrogen-bond acceptors (Lipinski definition) is 5. The molecular weight excluding hydrogens is 219 g/mol. The van der Waals surface area contributed by atoms with Crippen molar-refractivity contribution in [1.82, 2.24) is 9.97 Å². The van der Waals surface area contributed by atoms with Crippen molar-refractivity contribution in [2.24, 2.45) is 0 Å². The maximum absolute atomic E-state index is 5.89. The molecule has 0 unspecified atom stereocenters. The number of ether oxygens (including phenoxy) is 1. The first kappa shape index (κ1) is 12.3. The van der Waals surface area contributed by atoms with Crippen LogP contribution in [0.1, 0.15) is 27.7 Å². The first-order valence-electron chi connectivity index (χ1n) is 5.58. The SMILES string of the molecule is COc1nccnc1B1OC(C)(C)C(C)(C)O1. The molecule has 1 saturated heterocycles. The molecule has 2 rings (SSSR count). The van der Waals surface area contributed by atoms with Crippen LogP contribution < -0.4 is 10.3 Å². The van der Waals surface area contributed by atoms with E-state index in [9.17, 15) is 0 Å². The highest BCUT2D eigenvalue weighted by Gasteiger charge is 2.53. The summed E-state index contributed by atoms with van der Waals surface area (Å²) in [5.41, 5.74) is -0.200. The van der Waals surface area contributed by atoms with Crippen LogP contribution in [0.3, 0.4) is 0 Å². The summed E-state index contributed by atoms with van der Waals surface area (Å²) in [6, 6.07) is 0. The van der Waals surface area contributed by atoms with E-state index in [1.165, 1.54) is 0 Å². The first-order valence-corrected chi connectivity index (χ1v) is 5.58. The Hall–Kier alpha value is -1.14. The van der Waals surface area contributed by atoms with Crippen molar-refractivity contribution in [3.05, 3.63) is 12.4 Å². The number of aromatic nitrogens is 2. The van der Waals surface area contributed by atoms with E-state index in [0.29, 0.717) is 11.5 Å². The van der Waals surface area contributed by atoms with Gasteiger partial charge in [-0.3, -0.25) is 4.98 Å². The molecule has 0 spiro atoms. The smallest absolute Gasteiger partial charge is 0.480 e. The van der Waals surface area contributed by atoms with Crippen molar-refractivity contribution in [3.8, 4) is 5.88 Å². The Morgan fingerprint density at radius 1 is 1.06 bits per heavy atom. The van der Waals surface area contributed by atoms with Crippen molar-refractivity contribution in [3.63, 3.8) is 0 Å². The first-order chi connectivity index (χ1) is 7.87. The molecule has 1 aliphatic heterocycles. The van der Waals surface area contributed by atoms with E-state index in [0.717, 1.165) is 0 Å². The van der Waals surface area contributed by atoms with Crippen LogP contribution in [0.2, 0.25) is 0 Å². The maximum Gasteiger partial charge on any atom is 0.520 e. The second-order valence-electron chi connectivity index (χ2n) is 5.04. The number of methoxy groups -OCH3 is 1. The van der Waals surface area contributed by atoms with E-state index in [-0.39, 0.29) is 11.2 Å². The molecule has 1 aromatic rings. The zero-order valence-corrected chi connectivity index (χ0v) is 10.9. The average Bonchev–Trinajstić information content (AvgIpc) is 2.48. The van der Waals surface area contributed by atoms with E-state index in [1.54, 1.807) is 19.5 Å². The third-order valence-corrected chi connectivity index (χ3v) is 3.36. The Balaban J connectivity index is 2.32. The second kappa shape index (κ2) is 3.96. The van der Waals surface area contributed by atoms with Crippen LogP contribution in [0.15, 0.2) is 12.4 Å². The molecule has 2 heterocycles. The average molecular weight is 236 g/mol. The molecular formula is C11H17BN2O3. The third-order valence-electron chi connectivity index (χ3n) is 3.36. The van der Waals surface area contributed by atoms with Crippen LogP contribution in [0.25, 0.3) is 0 Å².